The number of rotatable bonds is 8. The average molecular weight is 401 g/mol. The largest absolute Gasteiger partial charge is 0.379 e. The maximum absolute atomic E-state index is 12.0. The van der Waals surface area contributed by atoms with E-state index in [4.69, 9.17) is 19.9 Å². The molecule has 0 aromatic carbocycles. The Morgan fingerprint density at radius 3 is 2.75 bits per heavy atom. The quantitative estimate of drug-likeness (QED) is 0.354. The molecule has 162 valence electrons. The molecule has 28 heavy (non-hydrogen) atoms. The number of amides is 1. The third-order valence-corrected chi connectivity index (χ3v) is 6.52. The number of carbonyl (C=O) groups is 1. The SMILES string of the molecule is COC1CC2[NH2+]C(N(C)CCCNC(=O)C3CCCO3)NC(N)C2CC1OC. The second-order valence-corrected chi connectivity index (χ2v) is 8.30. The highest BCUT2D eigenvalue weighted by Crippen LogP contribution is 2.29. The minimum Gasteiger partial charge on any atom is -0.379 e. The number of fused-ring (bicyclic) bond motifs is 1. The monoisotopic (exact) mass is 400 g/mol. The van der Waals surface area contributed by atoms with Crippen molar-refractivity contribution in [3.8, 4) is 0 Å². The van der Waals surface area contributed by atoms with Crippen LogP contribution in [-0.2, 0) is 19.0 Å². The highest BCUT2D eigenvalue weighted by atomic mass is 16.5. The van der Waals surface area contributed by atoms with Gasteiger partial charge in [-0.25, -0.2) is 10.2 Å². The number of carbonyl (C=O) groups excluding carboxylic acids is 1. The number of hydrogen-bond acceptors (Lipinski definition) is 7. The van der Waals surface area contributed by atoms with Crippen molar-refractivity contribution in [1.82, 2.24) is 15.5 Å². The number of nitrogens with two attached hydrogens (primary N) is 2. The second-order valence-electron chi connectivity index (χ2n) is 8.30. The van der Waals surface area contributed by atoms with E-state index in [9.17, 15) is 4.79 Å². The zero-order chi connectivity index (χ0) is 20.1. The lowest BCUT2D eigenvalue weighted by atomic mass is 9.78. The number of ether oxygens (including phenoxy) is 3. The van der Waals surface area contributed by atoms with Crippen molar-refractivity contribution in [3.63, 3.8) is 0 Å². The van der Waals surface area contributed by atoms with Gasteiger partial charge < -0.3 is 30.6 Å². The van der Waals surface area contributed by atoms with Crippen LogP contribution in [0.1, 0.15) is 32.1 Å². The van der Waals surface area contributed by atoms with Crippen LogP contribution in [0, 0.1) is 5.92 Å². The van der Waals surface area contributed by atoms with E-state index in [0.717, 1.165) is 38.6 Å². The fourth-order valence-corrected chi connectivity index (χ4v) is 4.78. The molecule has 0 aromatic heterocycles. The minimum atomic E-state index is -0.253. The lowest BCUT2D eigenvalue weighted by Crippen LogP contribution is -3.06. The van der Waals surface area contributed by atoms with E-state index >= 15 is 0 Å². The molecule has 6 N–H and O–H groups in total. The predicted molar refractivity (Wildman–Crippen MR) is 104 cm³/mol. The van der Waals surface area contributed by atoms with Crippen LogP contribution in [-0.4, -0.2) is 88.6 Å². The fourth-order valence-electron chi connectivity index (χ4n) is 4.78. The molecule has 9 nitrogen and oxygen atoms in total. The molecule has 7 atom stereocenters. The average Bonchev–Trinajstić information content (AvgIpc) is 3.24. The molecule has 0 radical (unpaired) electrons. The number of hydrogen-bond donors (Lipinski definition) is 4. The summed E-state index contributed by atoms with van der Waals surface area (Å²) in [6.45, 7) is 2.23. The van der Waals surface area contributed by atoms with Gasteiger partial charge in [-0.15, -0.1) is 0 Å². The van der Waals surface area contributed by atoms with Crippen LogP contribution in [0.3, 0.4) is 0 Å². The summed E-state index contributed by atoms with van der Waals surface area (Å²) in [4.78, 5) is 14.3. The number of nitrogens with zero attached hydrogens (tertiary/aromatic N) is 1. The Balaban J connectivity index is 1.42. The number of methoxy groups -OCH3 is 2. The molecule has 0 aromatic rings. The summed E-state index contributed by atoms with van der Waals surface area (Å²) in [6, 6.07) is 0.416. The lowest BCUT2D eigenvalue weighted by molar-refractivity contribution is -0.763. The van der Waals surface area contributed by atoms with Gasteiger partial charge in [0.2, 0.25) is 12.2 Å². The van der Waals surface area contributed by atoms with E-state index in [2.05, 4.69) is 27.9 Å². The van der Waals surface area contributed by atoms with Crippen LogP contribution in [0.5, 0.6) is 0 Å². The molecule has 1 aliphatic carbocycles. The fraction of sp³-hybridized carbons (Fsp3) is 0.947. The molecule has 7 unspecified atom stereocenters. The van der Waals surface area contributed by atoms with E-state index in [0.29, 0.717) is 25.1 Å². The Morgan fingerprint density at radius 2 is 2.07 bits per heavy atom. The smallest absolute Gasteiger partial charge is 0.249 e. The summed E-state index contributed by atoms with van der Waals surface area (Å²) in [7, 11) is 5.60. The molecule has 2 heterocycles. The molecule has 3 fully saturated rings. The molecular formula is C19H38N5O4+. The van der Waals surface area contributed by atoms with E-state index < -0.39 is 0 Å². The zero-order valence-electron chi connectivity index (χ0n) is 17.4. The first-order chi connectivity index (χ1) is 13.5. The highest BCUT2D eigenvalue weighted by molar-refractivity contribution is 5.80. The summed E-state index contributed by atoms with van der Waals surface area (Å²) in [5.74, 6) is 0.389. The van der Waals surface area contributed by atoms with Crippen LogP contribution < -0.4 is 21.7 Å². The van der Waals surface area contributed by atoms with Crippen molar-refractivity contribution in [2.75, 3.05) is 41.0 Å². The van der Waals surface area contributed by atoms with Gasteiger partial charge >= 0.3 is 0 Å². The first kappa shape index (κ1) is 21.9. The summed E-state index contributed by atoms with van der Waals surface area (Å²) in [5.41, 5.74) is 6.46. The third kappa shape index (κ3) is 5.21. The molecule has 9 heteroatoms. The first-order valence-electron chi connectivity index (χ1n) is 10.5. The number of quaternary nitrogens is 1. The van der Waals surface area contributed by atoms with Gasteiger partial charge in [0, 0.05) is 46.3 Å². The van der Waals surface area contributed by atoms with Gasteiger partial charge in [0.15, 0.2) is 0 Å². The molecule has 1 amide bonds. The second kappa shape index (κ2) is 10.3. The van der Waals surface area contributed by atoms with Gasteiger partial charge in [-0.05, 0) is 32.7 Å². The molecule has 2 saturated heterocycles. The predicted octanol–water partition coefficient (Wildman–Crippen LogP) is -1.85. The van der Waals surface area contributed by atoms with E-state index in [-0.39, 0.29) is 36.7 Å². The standard InChI is InChI=1S/C19H37N5O4/c1-24(8-5-7-21-18(25)14-6-4-9-28-14)19-22-13-11-16(27-3)15(26-2)10-12(13)17(20)23-19/h12-17,19,22-23H,4-11,20H2,1-3H3,(H,21,25)/p+1. The van der Waals surface area contributed by atoms with Crippen molar-refractivity contribution in [1.29, 1.82) is 0 Å². The summed E-state index contributed by atoms with van der Waals surface area (Å²) < 4.78 is 16.7. The Hall–Kier alpha value is -0.810. The highest BCUT2D eigenvalue weighted by Gasteiger charge is 2.47. The van der Waals surface area contributed by atoms with Crippen molar-refractivity contribution in [3.05, 3.63) is 0 Å². The Labute approximate surface area is 168 Å². The van der Waals surface area contributed by atoms with Gasteiger partial charge in [-0.2, -0.15) is 0 Å². The summed E-state index contributed by atoms with van der Waals surface area (Å²) in [5, 5.41) is 8.89. The van der Waals surface area contributed by atoms with Crippen molar-refractivity contribution in [2.24, 2.45) is 11.7 Å². The Morgan fingerprint density at radius 1 is 1.32 bits per heavy atom. The van der Waals surface area contributed by atoms with Crippen LogP contribution in [0.25, 0.3) is 0 Å². The Kier molecular flexibility index (Phi) is 8.04. The van der Waals surface area contributed by atoms with Gasteiger partial charge in [0.05, 0.1) is 24.4 Å². The first-order valence-corrected chi connectivity index (χ1v) is 10.5. The zero-order valence-corrected chi connectivity index (χ0v) is 17.4. The van der Waals surface area contributed by atoms with Crippen LogP contribution in [0.15, 0.2) is 0 Å². The molecule has 0 bridgehead atoms. The van der Waals surface area contributed by atoms with E-state index in [1.54, 1.807) is 14.2 Å². The van der Waals surface area contributed by atoms with Crippen molar-refractivity contribution < 1.29 is 24.3 Å². The normalized spacial score (nSPS) is 38.4. The molecule has 3 rings (SSSR count). The number of nitrogens with one attached hydrogen (secondary N) is 2. The molecular weight excluding hydrogens is 362 g/mol. The minimum absolute atomic E-state index is 0.0212. The van der Waals surface area contributed by atoms with Crippen molar-refractivity contribution in [2.45, 2.75) is 68.9 Å². The van der Waals surface area contributed by atoms with E-state index in [1.807, 2.05) is 0 Å². The molecule has 3 aliphatic rings. The molecule has 2 aliphatic heterocycles. The molecule has 1 saturated carbocycles. The van der Waals surface area contributed by atoms with Crippen LogP contribution in [0.4, 0.5) is 0 Å². The van der Waals surface area contributed by atoms with Crippen molar-refractivity contribution >= 4 is 5.91 Å². The van der Waals surface area contributed by atoms with Gasteiger partial charge in [-0.1, -0.05) is 0 Å². The van der Waals surface area contributed by atoms with Gasteiger partial charge in [0.25, 0.3) is 0 Å². The topological polar surface area (TPSA) is 115 Å². The summed E-state index contributed by atoms with van der Waals surface area (Å²) in [6.07, 6.45) is 4.59. The maximum Gasteiger partial charge on any atom is 0.249 e. The lowest BCUT2D eigenvalue weighted by Gasteiger charge is -2.47. The van der Waals surface area contributed by atoms with Crippen LogP contribution in [0.2, 0.25) is 0 Å². The Bertz CT molecular complexity index is 505. The molecule has 0 spiro atoms. The third-order valence-electron chi connectivity index (χ3n) is 6.52. The maximum atomic E-state index is 12.0. The van der Waals surface area contributed by atoms with Gasteiger partial charge in [0.1, 0.15) is 6.10 Å². The summed E-state index contributed by atoms with van der Waals surface area (Å²) >= 11 is 0. The van der Waals surface area contributed by atoms with Crippen LogP contribution >= 0.6 is 0 Å². The van der Waals surface area contributed by atoms with Gasteiger partial charge in [-0.3, -0.25) is 4.79 Å². The van der Waals surface area contributed by atoms with E-state index in [1.165, 1.54) is 0 Å².